The Hall–Kier alpha value is -2.82. The van der Waals surface area contributed by atoms with Crippen LogP contribution in [0.1, 0.15) is 56.6 Å². The van der Waals surface area contributed by atoms with Crippen LogP contribution in [0.5, 0.6) is 0 Å². The molecule has 2 aromatic heterocycles. The summed E-state index contributed by atoms with van der Waals surface area (Å²) >= 11 is 0. The molecule has 3 aromatic rings. The van der Waals surface area contributed by atoms with E-state index in [2.05, 4.69) is 65.3 Å². The second kappa shape index (κ2) is 8.19. The van der Waals surface area contributed by atoms with Gasteiger partial charge in [-0.1, -0.05) is 32.0 Å². The SMILES string of the molecule is CC(C)C[C@H]1CCc2cc(-c3cc4c(N5CCN(C(=O)C6CC6)CC5)ccnn4c3)ccc21. The number of hydrogen-bond donors (Lipinski definition) is 0. The van der Waals surface area contributed by atoms with Gasteiger partial charge in [-0.25, -0.2) is 4.52 Å². The van der Waals surface area contributed by atoms with Crippen LogP contribution in [0.25, 0.3) is 16.6 Å². The van der Waals surface area contributed by atoms with E-state index in [0.717, 1.165) is 56.4 Å². The number of aromatic nitrogens is 2. The molecule has 5 heteroatoms. The monoisotopic (exact) mass is 442 g/mol. The van der Waals surface area contributed by atoms with Crippen LogP contribution in [0, 0.1) is 11.8 Å². The fraction of sp³-hybridized carbons (Fsp3) is 0.500. The van der Waals surface area contributed by atoms with E-state index in [4.69, 9.17) is 0 Å². The van der Waals surface area contributed by atoms with Gasteiger partial charge in [0.1, 0.15) is 0 Å². The number of carbonyl (C=O) groups is 1. The fourth-order valence-electron chi connectivity index (χ4n) is 5.88. The lowest BCUT2D eigenvalue weighted by molar-refractivity contribution is -0.132. The highest BCUT2D eigenvalue weighted by Crippen LogP contribution is 2.40. The summed E-state index contributed by atoms with van der Waals surface area (Å²) in [5.41, 5.74) is 7.97. The van der Waals surface area contributed by atoms with Crippen LogP contribution in [0.2, 0.25) is 0 Å². The average Bonchev–Trinajstić information content (AvgIpc) is 3.47. The maximum Gasteiger partial charge on any atom is 0.225 e. The molecule has 0 bridgehead atoms. The second-order valence-corrected chi connectivity index (χ2v) is 10.6. The first-order chi connectivity index (χ1) is 16.1. The minimum Gasteiger partial charge on any atom is -0.366 e. The quantitative estimate of drug-likeness (QED) is 0.550. The number of fused-ring (bicyclic) bond motifs is 2. The summed E-state index contributed by atoms with van der Waals surface area (Å²) in [5, 5.41) is 4.60. The third-order valence-corrected chi connectivity index (χ3v) is 7.78. The third-order valence-electron chi connectivity index (χ3n) is 7.78. The van der Waals surface area contributed by atoms with Crippen molar-refractivity contribution >= 4 is 17.1 Å². The molecule has 0 N–H and O–H groups in total. The summed E-state index contributed by atoms with van der Waals surface area (Å²) in [6.45, 7) is 8.06. The predicted octanol–water partition coefficient (Wildman–Crippen LogP) is 5.14. The van der Waals surface area contributed by atoms with Crippen molar-refractivity contribution in [2.45, 2.75) is 51.9 Å². The standard InChI is InChI=1S/C28H34N4O/c1-19(2)15-22-5-6-23-16-21(7-8-25(22)23)24-17-27-26(9-10-29-32(27)18-24)30-11-13-31(14-12-30)28(33)20-3-4-20/h7-10,16-20,22H,3-6,11-15H2,1-2H3/t22-/m1/s1. The lowest BCUT2D eigenvalue weighted by Gasteiger charge is -2.36. The van der Waals surface area contributed by atoms with Gasteiger partial charge >= 0.3 is 0 Å². The van der Waals surface area contributed by atoms with Crippen molar-refractivity contribution in [3.05, 3.63) is 53.9 Å². The lowest BCUT2D eigenvalue weighted by Crippen LogP contribution is -2.49. The molecule has 33 heavy (non-hydrogen) atoms. The highest BCUT2D eigenvalue weighted by molar-refractivity contribution is 5.82. The van der Waals surface area contributed by atoms with Crippen molar-refractivity contribution in [1.29, 1.82) is 0 Å². The van der Waals surface area contributed by atoms with E-state index < -0.39 is 0 Å². The van der Waals surface area contributed by atoms with E-state index in [0.29, 0.717) is 11.8 Å². The zero-order valence-corrected chi connectivity index (χ0v) is 19.8. The molecule has 0 radical (unpaired) electrons. The summed E-state index contributed by atoms with van der Waals surface area (Å²) < 4.78 is 2.02. The molecule has 1 amide bonds. The van der Waals surface area contributed by atoms with Crippen LogP contribution in [0.4, 0.5) is 5.69 Å². The normalized spacial score (nSPS) is 20.6. The number of rotatable bonds is 5. The molecule has 1 aliphatic heterocycles. The van der Waals surface area contributed by atoms with Crippen molar-refractivity contribution in [3.8, 4) is 11.1 Å². The van der Waals surface area contributed by atoms with Crippen LogP contribution in [-0.4, -0.2) is 46.6 Å². The molecule has 1 saturated carbocycles. The molecule has 2 aliphatic carbocycles. The Morgan fingerprint density at radius 1 is 1.03 bits per heavy atom. The largest absolute Gasteiger partial charge is 0.366 e. The third kappa shape index (κ3) is 3.92. The Morgan fingerprint density at radius 3 is 2.61 bits per heavy atom. The van der Waals surface area contributed by atoms with E-state index in [-0.39, 0.29) is 0 Å². The molecule has 3 heterocycles. The molecule has 6 rings (SSSR count). The first-order valence-corrected chi connectivity index (χ1v) is 12.7. The Morgan fingerprint density at radius 2 is 1.85 bits per heavy atom. The number of carbonyl (C=O) groups excluding carboxylic acids is 1. The van der Waals surface area contributed by atoms with Gasteiger partial charge in [-0.3, -0.25) is 4.79 Å². The van der Waals surface area contributed by atoms with Gasteiger partial charge in [-0.05, 0) is 72.8 Å². The number of piperazine rings is 1. The zero-order valence-electron chi connectivity index (χ0n) is 19.8. The second-order valence-electron chi connectivity index (χ2n) is 10.6. The Balaban J connectivity index is 1.24. The summed E-state index contributed by atoms with van der Waals surface area (Å²) in [4.78, 5) is 16.9. The molecule has 1 atom stereocenters. The van der Waals surface area contributed by atoms with Gasteiger partial charge in [0.25, 0.3) is 0 Å². The smallest absolute Gasteiger partial charge is 0.225 e. The summed E-state index contributed by atoms with van der Waals surface area (Å²) in [6.07, 6.45) is 9.99. The van der Waals surface area contributed by atoms with E-state index in [1.54, 1.807) is 5.56 Å². The van der Waals surface area contributed by atoms with Gasteiger partial charge in [0.15, 0.2) is 0 Å². The minimum atomic E-state index is 0.311. The highest BCUT2D eigenvalue weighted by atomic mass is 16.2. The zero-order chi connectivity index (χ0) is 22.5. The number of hydrogen-bond acceptors (Lipinski definition) is 3. The Kier molecular flexibility index (Phi) is 5.16. The molecule has 1 saturated heterocycles. The highest BCUT2D eigenvalue weighted by Gasteiger charge is 2.34. The predicted molar refractivity (Wildman–Crippen MR) is 133 cm³/mol. The van der Waals surface area contributed by atoms with Gasteiger partial charge in [-0.15, -0.1) is 0 Å². The van der Waals surface area contributed by atoms with Gasteiger partial charge in [0.05, 0.1) is 11.2 Å². The number of anilines is 1. The van der Waals surface area contributed by atoms with Crippen LogP contribution < -0.4 is 4.90 Å². The number of amides is 1. The maximum absolute atomic E-state index is 12.4. The first kappa shape index (κ1) is 20.8. The van der Waals surface area contributed by atoms with Crippen molar-refractivity contribution in [2.75, 3.05) is 31.1 Å². The number of aryl methyl sites for hydroxylation is 1. The van der Waals surface area contributed by atoms with Crippen LogP contribution in [0.15, 0.2) is 42.7 Å². The van der Waals surface area contributed by atoms with E-state index in [1.807, 2.05) is 10.7 Å². The molecule has 5 nitrogen and oxygen atoms in total. The van der Waals surface area contributed by atoms with Crippen molar-refractivity contribution < 1.29 is 4.79 Å². The average molecular weight is 443 g/mol. The fourth-order valence-corrected chi connectivity index (χ4v) is 5.88. The number of nitrogens with zero attached hydrogens (tertiary/aromatic N) is 4. The van der Waals surface area contributed by atoms with Crippen LogP contribution >= 0.6 is 0 Å². The van der Waals surface area contributed by atoms with Crippen LogP contribution in [0.3, 0.4) is 0 Å². The van der Waals surface area contributed by atoms with E-state index >= 15 is 0 Å². The van der Waals surface area contributed by atoms with Crippen LogP contribution in [-0.2, 0) is 11.2 Å². The Labute approximate surface area is 196 Å². The topological polar surface area (TPSA) is 40.8 Å². The van der Waals surface area contributed by atoms with Gasteiger partial charge in [-0.2, -0.15) is 5.10 Å². The van der Waals surface area contributed by atoms with E-state index in [9.17, 15) is 4.79 Å². The molecule has 1 aromatic carbocycles. The first-order valence-electron chi connectivity index (χ1n) is 12.7. The molecule has 0 spiro atoms. The van der Waals surface area contributed by atoms with Crippen molar-refractivity contribution in [2.24, 2.45) is 11.8 Å². The van der Waals surface area contributed by atoms with Gasteiger partial charge in [0, 0.05) is 50.1 Å². The molecular formula is C28H34N4O. The summed E-state index contributed by atoms with van der Waals surface area (Å²) in [5.74, 6) is 2.15. The summed E-state index contributed by atoms with van der Waals surface area (Å²) in [6, 6.07) is 11.5. The lowest BCUT2D eigenvalue weighted by atomic mass is 9.91. The molecular weight excluding hydrogens is 408 g/mol. The van der Waals surface area contributed by atoms with E-state index in [1.165, 1.54) is 41.6 Å². The van der Waals surface area contributed by atoms with Crippen molar-refractivity contribution in [3.63, 3.8) is 0 Å². The van der Waals surface area contributed by atoms with Gasteiger partial charge in [0.2, 0.25) is 5.91 Å². The molecule has 3 aliphatic rings. The molecule has 0 unspecified atom stereocenters. The van der Waals surface area contributed by atoms with Gasteiger partial charge < -0.3 is 9.80 Å². The van der Waals surface area contributed by atoms with Crippen molar-refractivity contribution in [1.82, 2.24) is 14.5 Å². The Bertz CT molecular complexity index is 1180. The molecule has 172 valence electrons. The number of benzene rings is 1. The minimum absolute atomic E-state index is 0.311. The molecule has 2 fully saturated rings. The summed E-state index contributed by atoms with van der Waals surface area (Å²) in [7, 11) is 0. The maximum atomic E-state index is 12.4.